The van der Waals surface area contributed by atoms with Gasteiger partial charge in [-0.15, -0.1) is 11.3 Å². The Labute approximate surface area is 181 Å². The first-order chi connectivity index (χ1) is 14.0. The first kappa shape index (κ1) is 19.6. The molecule has 1 heterocycles. The number of ether oxygens (including phenoxy) is 1. The van der Waals surface area contributed by atoms with Crippen molar-refractivity contribution in [2.24, 2.45) is 0 Å². The molecule has 0 unspecified atom stereocenters. The van der Waals surface area contributed by atoms with Crippen molar-refractivity contribution in [1.29, 1.82) is 0 Å². The maximum Gasteiger partial charge on any atom is 0.255 e. The third-order valence-corrected chi connectivity index (χ3v) is 6.11. The van der Waals surface area contributed by atoms with Crippen molar-refractivity contribution in [1.82, 2.24) is 4.98 Å². The van der Waals surface area contributed by atoms with Gasteiger partial charge in [-0.25, -0.2) is 4.98 Å². The lowest BCUT2D eigenvalue weighted by atomic mass is 10.2. The predicted molar refractivity (Wildman–Crippen MR) is 123 cm³/mol. The molecule has 1 amide bonds. The summed E-state index contributed by atoms with van der Waals surface area (Å²) in [6.45, 7) is 4.58. The maximum atomic E-state index is 12.6. The van der Waals surface area contributed by atoms with E-state index in [0.29, 0.717) is 12.2 Å². The summed E-state index contributed by atoms with van der Waals surface area (Å²) in [5.41, 5.74) is 4.57. The summed E-state index contributed by atoms with van der Waals surface area (Å²) in [6.07, 6.45) is 0. The van der Waals surface area contributed by atoms with Crippen molar-refractivity contribution in [3.05, 3.63) is 76.3 Å². The highest BCUT2D eigenvalue weighted by molar-refractivity contribution is 9.10. The maximum absolute atomic E-state index is 12.6. The number of nitrogens with one attached hydrogen (secondary N) is 1. The van der Waals surface area contributed by atoms with E-state index in [-0.39, 0.29) is 5.91 Å². The molecule has 0 aliphatic heterocycles. The van der Waals surface area contributed by atoms with Crippen LogP contribution in [0.15, 0.2) is 65.1 Å². The van der Waals surface area contributed by atoms with E-state index in [1.165, 1.54) is 10.3 Å². The smallest absolute Gasteiger partial charge is 0.255 e. The minimum absolute atomic E-state index is 0.169. The van der Waals surface area contributed by atoms with Crippen molar-refractivity contribution in [2.75, 3.05) is 11.9 Å². The number of carbonyl (C=O) groups is 1. The monoisotopic (exact) mass is 466 g/mol. The number of nitrogens with zero attached hydrogens (tertiary/aromatic N) is 1. The lowest BCUT2D eigenvalue weighted by molar-refractivity contribution is 0.102. The van der Waals surface area contributed by atoms with E-state index < -0.39 is 0 Å². The zero-order valence-corrected chi connectivity index (χ0v) is 18.4. The van der Waals surface area contributed by atoms with E-state index >= 15 is 0 Å². The second kappa shape index (κ2) is 8.35. The third kappa shape index (κ3) is 4.33. The molecule has 6 heteroatoms. The standard InChI is InChI=1S/C23H19BrN2O2S/c1-3-28-20-11-7-16(13-18(20)24)22(27)25-17-8-5-15(6-9-17)23-26-19-10-4-14(2)12-21(19)29-23/h4-13H,3H2,1-2H3,(H,25,27). The number of aryl methyl sites for hydroxylation is 1. The van der Waals surface area contributed by atoms with Crippen LogP contribution in [0.5, 0.6) is 5.75 Å². The van der Waals surface area contributed by atoms with Gasteiger partial charge in [0, 0.05) is 16.8 Å². The van der Waals surface area contributed by atoms with Gasteiger partial charge in [-0.3, -0.25) is 4.79 Å². The Morgan fingerprint density at radius 1 is 1.10 bits per heavy atom. The van der Waals surface area contributed by atoms with Gasteiger partial charge in [-0.1, -0.05) is 6.07 Å². The fourth-order valence-corrected chi connectivity index (χ4v) is 4.53. The van der Waals surface area contributed by atoms with Crippen LogP contribution in [0.3, 0.4) is 0 Å². The van der Waals surface area contributed by atoms with Crippen LogP contribution in [0.2, 0.25) is 0 Å². The Morgan fingerprint density at radius 3 is 2.62 bits per heavy atom. The molecule has 0 aliphatic carbocycles. The number of benzene rings is 3. The third-order valence-electron chi connectivity index (χ3n) is 4.43. The van der Waals surface area contributed by atoms with Crippen LogP contribution in [0.25, 0.3) is 20.8 Å². The molecule has 29 heavy (non-hydrogen) atoms. The molecule has 0 aliphatic rings. The van der Waals surface area contributed by atoms with Gasteiger partial charge >= 0.3 is 0 Å². The topological polar surface area (TPSA) is 51.2 Å². The van der Waals surface area contributed by atoms with Gasteiger partial charge < -0.3 is 10.1 Å². The second-order valence-corrected chi connectivity index (χ2v) is 8.48. The molecule has 4 rings (SSSR count). The van der Waals surface area contributed by atoms with E-state index in [0.717, 1.165) is 32.0 Å². The first-order valence-corrected chi connectivity index (χ1v) is 10.9. The van der Waals surface area contributed by atoms with Crippen LogP contribution < -0.4 is 10.1 Å². The second-order valence-electron chi connectivity index (χ2n) is 6.60. The number of amides is 1. The Hall–Kier alpha value is -2.70. The summed E-state index contributed by atoms with van der Waals surface area (Å²) >= 11 is 5.12. The number of aromatic nitrogens is 1. The summed E-state index contributed by atoms with van der Waals surface area (Å²) < 4.78 is 7.43. The van der Waals surface area contributed by atoms with E-state index in [1.54, 1.807) is 29.5 Å². The largest absolute Gasteiger partial charge is 0.493 e. The molecule has 4 nitrogen and oxygen atoms in total. The molecule has 0 saturated heterocycles. The minimum atomic E-state index is -0.169. The average molecular weight is 467 g/mol. The molecule has 3 aromatic carbocycles. The lowest BCUT2D eigenvalue weighted by Crippen LogP contribution is -2.11. The summed E-state index contributed by atoms with van der Waals surface area (Å²) in [5.74, 6) is 0.552. The van der Waals surface area contributed by atoms with Crippen LogP contribution in [0, 0.1) is 6.92 Å². The van der Waals surface area contributed by atoms with Gasteiger partial charge in [-0.2, -0.15) is 0 Å². The van der Waals surface area contributed by atoms with Crippen LogP contribution >= 0.6 is 27.3 Å². The van der Waals surface area contributed by atoms with Gasteiger partial charge in [0.1, 0.15) is 10.8 Å². The molecule has 0 saturated carbocycles. The van der Waals surface area contributed by atoms with Crippen LogP contribution in [0.4, 0.5) is 5.69 Å². The molecule has 1 N–H and O–H groups in total. The highest BCUT2D eigenvalue weighted by atomic mass is 79.9. The van der Waals surface area contributed by atoms with E-state index in [9.17, 15) is 4.79 Å². The van der Waals surface area contributed by atoms with E-state index in [2.05, 4.69) is 40.3 Å². The highest BCUT2D eigenvalue weighted by Gasteiger charge is 2.11. The summed E-state index contributed by atoms with van der Waals surface area (Å²) in [7, 11) is 0. The molecule has 4 aromatic rings. The van der Waals surface area contributed by atoms with Crippen molar-refractivity contribution >= 4 is 49.1 Å². The molecule has 1 aromatic heterocycles. The highest BCUT2D eigenvalue weighted by Crippen LogP contribution is 2.31. The van der Waals surface area contributed by atoms with E-state index in [4.69, 9.17) is 9.72 Å². The normalized spacial score (nSPS) is 10.9. The minimum Gasteiger partial charge on any atom is -0.493 e. The van der Waals surface area contributed by atoms with Crippen molar-refractivity contribution in [3.63, 3.8) is 0 Å². The number of anilines is 1. The average Bonchev–Trinajstić information content (AvgIpc) is 3.13. The van der Waals surface area contributed by atoms with Gasteiger partial charge in [-0.05, 0) is 89.9 Å². The predicted octanol–water partition coefficient (Wildman–Crippen LogP) is 6.69. The number of halogens is 1. The fraction of sp³-hybridized carbons (Fsp3) is 0.130. The van der Waals surface area contributed by atoms with Crippen molar-refractivity contribution in [3.8, 4) is 16.3 Å². The molecule has 0 atom stereocenters. The number of fused-ring (bicyclic) bond motifs is 1. The van der Waals surface area contributed by atoms with Gasteiger partial charge in [0.05, 0.1) is 21.3 Å². The first-order valence-electron chi connectivity index (χ1n) is 9.25. The SMILES string of the molecule is CCOc1ccc(C(=O)Nc2ccc(-c3nc4ccc(C)cc4s3)cc2)cc1Br. The molecule has 0 radical (unpaired) electrons. The van der Waals surface area contributed by atoms with Crippen molar-refractivity contribution in [2.45, 2.75) is 13.8 Å². The molecule has 0 spiro atoms. The molecule has 0 bridgehead atoms. The van der Waals surface area contributed by atoms with Gasteiger partial charge in [0.25, 0.3) is 5.91 Å². The quantitative estimate of drug-likeness (QED) is 0.356. The van der Waals surface area contributed by atoms with Gasteiger partial charge in [0.2, 0.25) is 0 Å². The molecule has 0 fully saturated rings. The lowest BCUT2D eigenvalue weighted by Gasteiger charge is -2.09. The summed E-state index contributed by atoms with van der Waals surface area (Å²) in [4.78, 5) is 17.3. The van der Waals surface area contributed by atoms with Crippen LogP contribution in [-0.2, 0) is 0 Å². The summed E-state index contributed by atoms with van der Waals surface area (Å²) in [6, 6.07) is 19.3. The van der Waals surface area contributed by atoms with Gasteiger partial charge in [0.15, 0.2) is 0 Å². The Bertz CT molecular complexity index is 1190. The van der Waals surface area contributed by atoms with Crippen molar-refractivity contribution < 1.29 is 9.53 Å². The Kier molecular flexibility index (Phi) is 5.65. The number of rotatable bonds is 5. The molecular formula is C23H19BrN2O2S. The number of hydrogen-bond acceptors (Lipinski definition) is 4. The Morgan fingerprint density at radius 2 is 1.90 bits per heavy atom. The summed E-state index contributed by atoms with van der Waals surface area (Å²) in [5, 5.41) is 3.90. The number of thiazole rings is 1. The Balaban J connectivity index is 1.50. The number of carbonyl (C=O) groups excluding carboxylic acids is 1. The number of hydrogen-bond donors (Lipinski definition) is 1. The molecular weight excluding hydrogens is 448 g/mol. The van der Waals surface area contributed by atoms with E-state index in [1.807, 2.05) is 37.3 Å². The molecule has 146 valence electrons. The van der Waals surface area contributed by atoms with Crippen LogP contribution in [-0.4, -0.2) is 17.5 Å². The fourth-order valence-electron chi connectivity index (χ4n) is 2.97. The van der Waals surface area contributed by atoms with Crippen LogP contribution in [0.1, 0.15) is 22.8 Å². The zero-order valence-electron chi connectivity index (χ0n) is 16.0. The zero-order chi connectivity index (χ0) is 20.4.